The fraction of sp³-hybridized carbons (Fsp3) is 0.353. The van der Waals surface area contributed by atoms with Gasteiger partial charge in [-0.1, -0.05) is 86.0 Å². The third-order valence-corrected chi connectivity index (χ3v) is 11.0. The Morgan fingerprint density at radius 2 is 1.00 bits per heavy atom. The van der Waals surface area contributed by atoms with Crippen molar-refractivity contribution in [3.05, 3.63) is 124 Å². The molecule has 0 saturated heterocycles. The van der Waals surface area contributed by atoms with Crippen LogP contribution in [0.5, 0.6) is 0 Å². The fourth-order valence-electron chi connectivity index (χ4n) is 7.98. The molecule has 0 bridgehead atoms. The number of imide groups is 1. The van der Waals surface area contributed by atoms with Gasteiger partial charge in [0.05, 0.1) is 24.2 Å². The summed E-state index contributed by atoms with van der Waals surface area (Å²) in [7, 11) is 0. The SMILES string of the molecule is CC(C)(C)Cn1c(CN)cc2cnc(C#N)nc21.CC(C)(C)Cn1c(CN2C(=O)c3ccccc3C2=O)cc2cnc(C#N)nc21.CC(C)(C)Cn1c(CNc2nccc(Cl)n2)cc2cnc(C#N)nc21. The van der Waals surface area contributed by atoms with Crippen molar-refractivity contribution in [2.75, 3.05) is 5.32 Å². The predicted octanol–water partition coefficient (Wildman–Crippen LogP) is 8.36. The van der Waals surface area contributed by atoms with E-state index in [1.54, 1.807) is 55.1 Å². The van der Waals surface area contributed by atoms with Crippen molar-refractivity contribution in [2.45, 2.75) is 102 Å². The number of anilines is 1. The number of nitrogens with zero attached hydrogens (tertiary/aromatic N) is 15. The molecule has 2 amide bonds. The van der Waals surface area contributed by atoms with Crippen LogP contribution in [-0.4, -0.2) is 70.3 Å². The van der Waals surface area contributed by atoms with E-state index in [4.69, 9.17) is 33.1 Å². The molecule has 7 aromatic heterocycles. The average Bonchev–Trinajstić information content (AvgIpc) is 4.02. The van der Waals surface area contributed by atoms with Gasteiger partial charge in [-0.05, 0) is 52.6 Å². The van der Waals surface area contributed by atoms with Gasteiger partial charge >= 0.3 is 0 Å². The Labute approximate surface area is 416 Å². The first-order valence-corrected chi connectivity index (χ1v) is 23.1. The van der Waals surface area contributed by atoms with Gasteiger partial charge in [0, 0.05) is 84.2 Å². The summed E-state index contributed by atoms with van der Waals surface area (Å²) in [4.78, 5) is 60.1. The van der Waals surface area contributed by atoms with Crippen LogP contribution in [0.3, 0.4) is 0 Å². The molecule has 0 atom stereocenters. The Hall–Kier alpha value is -8.18. The first-order chi connectivity index (χ1) is 33.6. The second kappa shape index (κ2) is 20.4. The zero-order chi connectivity index (χ0) is 51.4. The van der Waals surface area contributed by atoms with E-state index in [0.717, 1.165) is 57.6 Å². The van der Waals surface area contributed by atoms with Crippen LogP contribution in [0.1, 0.15) is 118 Å². The monoisotopic (exact) mass is 971 g/mol. The summed E-state index contributed by atoms with van der Waals surface area (Å²) in [5, 5.41) is 33.3. The highest BCUT2D eigenvalue weighted by atomic mass is 35.5. The maximum atomic E-state index is 12.7. The number of halogens is 1. The minimum Gasteiger partial charge on any atom is -0.349 e. The largest absolute Gasteiger partial charge is 0.349 e. The minimum atomic E-state index is -0.294. The number of nitriles is 3. The summed E-state index contributed by atoms with van der Waals surface area (Å²) in [6.07, 6.45) is 6.57. The predicted molar refractivity (Wildman–Crippen MR) is 268 cm³/mol. The van der Waals surface area contributed by atoms with Gasteiger partial charge in [0.2, 0.25) is 23.4 Å². The van der Waals surface area contributed by atoms with Gasteiger partial charge in [0.1, 0.15) is 40.3 Å². The second-order valence-corrected chi connectivity index (χ2v) is 21.0. The number of carbonyl (C=O) groups is 2. The van der Waals surface area contributed by atoms with Gasteiger partial charge in [-0.25, -0.2) is 39.9 Å². The van der Waals surface area contributed by atoms with E-state index in [-0.39, 0.29) is 52.1 Å². The Balaban J connectivity index is 0.000000160. The summed E-state index contributed by atoms with van der Waals surface area (Å²) in [5.74, 6) is 0.323. The first-order valence-electron chi connectivity index (χ1n) is 22.7. The van der Waals surface area contributed by atoms with E-state index in [1.165, 1.54) is 4.90 Å². The number of carbonyl (C=O) groups excluding carboxylic acids is 2. The number of hydrogen-bond acceptors (Lipinski definition) is 15. The van der Waals surface area contributed by atoms with Crippen molar-refractivity contribution in [1.29, 1.82) is 15.8 Å². The molecule has 1 aromatic carbocycles. The molecular weight excluding hydrogens is 918 g/mol. The van der Waals surface area contributed by atoms with Gasteiger partial charge in [-0.15, -0.1) is 0 Å². The number of fused-ring (bicyclic) bond motifs is 4. The number of nitrogens with one attached hydrogen (secondary N) is 1. The molecule has 19 nitrogen and oxygen atoms in total. The molecular formula is C51H54ClN17O2. The number of hydrogen-bond donors (Lipinski definition) is 2. The molecule has 0 spiro atoms. The third kappa shape index (κ3) is 12.0. The van der Waals surface area contributed by atoms with Crippen LogP contribution in [0.4, 0.5) is 5.95 Å². The van der Waals surface area contributed by atoms with Gasteiger partial charge < -0.3 is 24.8 Å². The molecule has 362 valence electrons. The molecule has 8 heterocycles. The lowest BCUT2D eigenvalue weighted by molar-refractivity contribution is 0.0638. The van der Waals surface area contributed by atoms with Crippen LogP contribution < -0.4 is 11.1 Å². The van der Waals surface area contributed by atoms with Crippen LogP contribution in [0.25, 0.3) is 33.1 Å². The van der Waals surface area contributed by atoms with Gasteiger partial charge in [0.15, 0.2) is 0 Å². The standard InChI is InChI=1S/C21H19N5O2.C17H18ClN7.C13H17N5/c1-21(2,3)12-26-14(8-13-10-23-17(9-22)24-18(13)26)11-25-19(27)15-6-4-5-7-16(15)20(25)28;1-17(2,3)10-25-12(9-22-16-20-5-4-13(18)23-16)6-11-8-21-14(7-19)24-15(11)25;1-13(2,3)8-18-10(5-14)4-9-7-16-11(6-15)17-12(9)18/h4-8,10H,11-12H2,1-3H3;4-6,8H,9-10H2,1-3H3,(H,20,22,23);4,7H,5,8,14H2,1-3H3. The molecule has 71 heavy (non-hydrogen) atoms. The Kier molecular flexibility index (Phi) is 14.6. The average molecular weight is 973 g/mol. The van der Waals surface area contributed by atoms with Crippen molar-refractivity contribution in [1.82, 2.24) is 58.5 Å². The summed E-state index contributed by atoms with van der Waals surface area (Å²) in [6.45, 7) is 22.5. The van der Waals surface area contributed by atoms with Crippen LogP contribution in [0.2, 0.25) is 5.15 Å². The summed E-state index contributed by atoms with van der Waals surface area (Å²) in [5.41, 5.74) is 11.7. The topological polar surface area (TPSA) is 265 Å². The highest BCUT2D eigenvalue weighted by Gasteiger charge is 2.36. The van der Waals surface area contributed by atoms with Crippen molar-refractivity contribution < 1.29 is 9.59 Å². The van der Waals surface area contributed by atoms with Crippen molar-refractivity contribution in [3.8, 4) is 18.2 Å². The molecule has 1 aliphatic rings. The second-order valence-electron chi connectivity index (χ2n) is 20.6. The van der Waals surface area contributed by atoms with Gasteiger partial charge in [-0.2, -0.15) is 15.8 Å². The smallest absolute Gasteiger partial charge is 0.261 e. The molecule has 20 heteroatoms. The van der Waals surface area contributed by atoms with Gasteiger partial charge in [0.25, 0.3) is 11.8 Å². The maximum absolute atomic E-state index is 12.7. The molecule has 1 aliphatic heterocycles. The van der Waals surface area contributed by atoms with E-state index < -0.39 is 0 Å². The van der Waals surface area contributed by atoms with Gasteiger partial charge in [-0.3, -0.25) is 14.5 Å². The molecule has 0 saturated carbocycles. The molecule has 0 unspecified atom stereocenters. The maximum Gasteiger partial charge on any atom is 0.261 e. The van der Waals surface area contributed by atoms with E-state index >= 15 is 0 Å². The molecule has 0 fully saturated rings. The molecule has 0 aliphatic carbocycles. The third-order valence-electron chi connectivity index (χ3n) is 10.8. The fourth-order valence-corrected chi connectivity index (χ4v) is 8.11. The van der Waals surface area contributed by atoms with E-state index in [0.29, 0.717) is 47.5 Å². The number of amides is 2. The number of aromatic nitrogens is 11. The lowest BCUT2D eigenvalue weighted by atomic mass is 9.97. The summed E-state index contributed by atoms with van der Waals surface area (Å²) >= 11 is 5.90. The lowest BCUT2D eigenvalue weighted by Crippen LogP contribution is -2.30. The zero-order valence-electron chi connectivity index (χ0n) is 41.2. The zero-order valence-corrected chi connectivity index (χ0v) is 41.9. The van der Waals surface area contributed by atoms with Crippen LogP contribution in [0.15, 0.2) is 73.3 Å². The lowest BCUT2D eigenvalue weighted by Gasteiger charge is -2.23. The Morgan fingerprint density at radius 1 is 0.592 bits per heavy atom. The molecule has 8 aromatic rings. The number of rotatable bonds is 9. The summed E-state index contributed by atoms with van der Waals surface area (Å²) < 4.78 is 6.16. The van der Waals surface area contributed by atoms with Crippen LogP contribution in [0, 0.1) is 50.2 Å². The number of benzene rings is 1. The van der Waals surface area contributed by atoms with E-state index in [9.17, 15) is 9.59 Å². The number of nitrogens with two attached hydrogens (primary N) is 1. The molecule has 9 rings (SSSR count). The minimum absolute atomic E-state index is 0.0466. The normalized spacial score (nSPS) is 12.5. The molecule has 3 N–H and O–H groups in total. The van der Waals surface area contributed by atoms with E-state index in [1.807, 2.05) is 41.0 Å². The quantitative estimate of drug-likeness (QED) is 0.102. The summed E-state index contributed by atoms with van der Waals surface area (Å²) in [6, 6.07) is 20.3. The van der Waals surface area contributed by atoms with Crippen molar-refractivity contribution in [2.24, 2.45) is 22.0 Å². The van der Waals surface area contributed by atoms with Crippen molar-refractivity contribution in [3.63, 3.8) is 0 Å². The highest BCUT2D eigenvalue weighted by molar-refractivity contribution is 6.29. The molecule has 0 radical (unpaired) electrons. The first kappa shape index (κ1) is 50.7. The Morgan fingerprint density at radius 3 is 1.41 bits per heavy atom. The highest BCUT2D eigenvalue weighted by Crippen LogP contribution is 2.30. The van der Waals surface area contributed by atoms with Crippen LogP contribution >= 0.6 is 11.6 Å². The van der Waals surface area contributed by atoms with E-state index in [2.05, 4.69) is 117 Å². The Bertz CT molecular complexity index is 3400. The van der Waals surface area contributed by atoms with Crippen molar-refractivity contribution >= 4 is 62.5 Å². The van der Waals surface area contributed by atoms with Crippen LogP contribution in [-0.2, 0) is 39.3 Å².